The van der Waals surface area contributed by atoms with E-state index in [1.54, 1.807) is 13.8 Å². The minimum atomic E-state index is -0.827. The van der Waals surface area contributed by atoms with Gasteiger partial charge in [0.2, 0.25) is 5.88 Å². The second kappa shape index (κ2) is 7.46. The van der Waals surface area contributed by atoms with E-state index < -0.39 is 22.7 Å². The molecule has 7 nitrogen and oxygen atoms in total. The molecule has 0 saturated carbocycles. The minimum Gasteiger partial charge on any atom is -0.459 e. The Balaban J connectivity index is 2.40. The molecular formula is C15H12Cl2N2O5. The summed E-state index contributed by atoms with van der Waals surface area (Å²) in [5.41, 5.74) is -0.623. The molecule has 24 heavy (non-hydrogen) atoms. The van der Waals surface area contributed by atoms with Crippen LogP contribution in [0.2, 0.25) is 10.0 Å². The van der Waals surface area contributed by atoms with E-state index in [1.165, 1.54) is 24.4 Å². The van der Waals surface area contributed by atoms with Gasteiger partial charge in [-0.15, -0.1) is 0 Å². The zero-order valence-electron chi connectivity index (χ0n) is 12.7. The molecule has 0 unspecified atom stereocenters. The average molecular weight is 371 g/mol. The number of nitrogens with zero attached hydrogens (tertiary/aromatic N) is 2. The van der Waals surface area contributed by atoms with Crippen LogP contribution in [0.3, 0.4) is 0 Å². The van der Waals surface area contributed by atoms with Gasteiger partial charge in [0.25, 0.3) is 5.69 Å². The van der Waals surface area contributed by atoms with Gasteiger partial charge in [-0.25, -0.2) is 9.78 Å². The van der Waals surface area contributed by atoms with Gasteiger partial charge in [-0.2, -0.15) is 0 Å². The van der Waals surface area contributed by atoms with Gasteiger partial charge in [0, 0.05) is 18.3 Å². The Hall–Kier alpha value is -2.38. The lowest BCUT2D eigenvalue weighted by molar-refractivity contribution is -0.385. The number of aromatic nitrogens is 1. The first-order chi connectivity index (χ1) is 11.3. The number of ether oxygens (including phenoxy) is 2. The second-order valence-corrected chi connectivity index (χ2v) is 5.69. The third-order valence-corrected chi connectivity index (χ3v) is 3.53. The van der Waals surface area contributed by atoms with Gasteiger partial charge in [0.05, 0.1) is 16.0 Å². The molecule has 2 aromatic rings. The van der Waals surface area contributed by atoms with E-state index >= 15 is 0 Å². The first-order valence-corrected chi connectivity index (χ1v) is 7.52. The van der Waals surface area contributed by atoms with Crippen molar-refractivity contribution in [2.75, 3.05) is 0 Å². The minimum absolute atomic E-state index is 0.0150. The number of hydrogen-bond donors (Lipinski definition) is 0. The molecule has 0 N–H and O–H groups in total. The van der Waals surface area contributed by atoms with E-state index in [0.717, 1.165) is 6.07 Å². The Morgan fingerprint density at radius 3 is 2.62 bits per heavy atom. The number of carbonyl (C=O) groups excluding carboxylic acids is 1. The van der Waals surface area contributed by atoms with Gasteiger partial charge in [-0.3, -0.25) is 10.1 Å². The molecule has 0 aliphatic rings. The molecule has 0 saturated heterocycles. The second-order valence-electron chi connectivity index (χ2n) is 4.90. The third-order valence-electron chi connectivity index (χ3n) is 2.75. The van der Waals surface area contributed by atoms with Crippen molar-refractivity contribution in [3.8, 4) is 11.6 Å². The van der Waals surface area contributed by atoms with E-state index in [4.69, 9.17) is 32.7 Å². The summed E-state index contributed by atoms with van der Waals surface area (Å²) >= 11 is 11.8. The number of pyridine rings is 1. The van der Waals surface area contributed by atoms with Crippen molar-refractivity contribution < 1.29 is 19.2 Å². The fraction of sp³-hybridized carbons (Fsp3) is 0.200. The zero-order valence-corrected chi connectivity index (χ0v) is 14.2. The van der Waals surface area contributed by atoms with Gasteiger partial charge in [0.1, 0.15) is 16.3 Å². The van der Waals surface area contributed by atoms with Gasteiger partial charge in [-0.05, 0) is 26.0 Å². The van der Waals surface area contributed by atoms with Crippen LogP contribution in [0.1, 0.15) is 24.2 Å². The first-order valence-electron chi connectivity index (χ1n) is 6.77. The third kappa shape index (κ3) is 4.12. The highest BCUT2D eigenvalue weighted by Crippen LogP contribution is 2.34. The molecule has 0 bridgehead atoms. The van der Waals surface area contributed by atoms with Crippen LogP contribution in [0.25, 0.3) is 0 Å². The maximum Gasteiger partial charge on any atom is 0.345 e. The smallest absolute Gasteiger partial charge is 0.345 e. The number of halogens is 2. The van der Waals surface area contributed by atoms with Crippen LogP contribution in [-0.4, -0.2) is 22.0 Å². The van der Waals surface area contributed by atoms with Crippen LogP contribution in [0.5, 0.6) is 11.6 Å². The Labute approximate surface area is 147 Å². The predicted molar refractivity (Wildman–Crippen MR) is 88.0 cm³/mol. The van der Waals surface area contributed by atoms with Gasteiger partial charge in [0.15, 0.2) is 0 Å². The Bertz CT molecular complexity index is 795. The van der Waals surface area contributed by atoms with Crippen LogP contribution < -0.4 is 4.74 Å². The zero-order chi connectivity index (χ0) is 17.9. The molecule has 0 aliphatic carbocycles. The van der Waals surface area contributed by atoms with Crippen LogP contribution in [-0.2, 0) is 4.74 Å². The summed E-state index contributed by atoms with van der Waals surface area (Å²) in [6.45, 7) is 3.28. The highest BCUT2D eigenvalue weighted by atomic mass is 35.5. The maximum absolute atomic E-state index is 12.1. The molecule has 0 atom stereocenters. The van der Waals surface area contributed by atoms with Gasteiger partial charge < -0.3 is 9.47 Å². The number of hydrogen-bond acceptors (Lipinski definition) is 6. The number of benzene rings is 1. The number of carbonyl (C=O) groups is 1. The summed E-state index contributed by atoms with van der Waals surface area (Å²) in [6, 6.07) is 5.15. The Morgan fingerprint density at radius 1 is 1.29 bits per heavy atom. The molecule has 0 amide bonds. The Kier molecular flexibility index (Phi) is 5.58. The monoisotopic (exact) mass is 370 g/mol. The van der Waals surface area contributed by atoms with E-state index in [-0.39, 0.29) is 27.2 Å². The fourth-order valence-corrected chi connectivity index (χ4v) is 2.05. The number of nitro groups is 1. The van der Waals surface area contributed by atoms with E-state index in [0.29, 0.717) is 0 Å². The molecule has 126 valence electrons. The van der Waals surface area contributed by atoms with Crippen LogP contribution >= 0.6 is 23.2 Å². The lowest BCUT2D eigenvalue weighted by Gasteiger charge is -2.11. The number of rotatable bonds is 5. The molecule has 1 aromatic heterocycles. The SMILES string of the molecule is CC(C)OC(=O)c1cc(Oc2nccc(Cl)c2Cl)ccc1[N+](=O)[O-]. The van der Waals surface area contributed by atoms with Gasteiger partial charge >= 0.3 is 5.97 Å². The lowest BCUT2D eigenvalue weighted by atomic mass is 10.1. The summed E-state index contributed by atoms with van der Waals surface area (Å²) in [7, 11) is 0. The Morgan fingerprint density at radius 2 is 2.00 bits per heavy atom. The number of nitro benzene ring substituents is 1. The lowest BCUT2D eigenvalue weighted by Crippen LogP contribution is -2.13. The molecule has 0 aliphatic heterocycles. The molecule has 0 radical (unpaired) electrons. The quantitative estimate of drug-likeness (QED) is 0.431. The highest BCUT2D eigenvalue weighted by molar-refractivity contribution is 6.42. The molecule has 9 heteroatoms. The summed E-state index contributed by atoms with van der Waals surface area (Å²) in [5.74, 6) is -0.679. The van der Waals surface area contributed by atoms with Crippen molar-refractivity contribution in [3.05, 3.63) is 56.2 Å². The van der Waals surface area contributed by atoms with Crippen molar-refractivity contribution in [2.45, 2.75) is 20.0 Å². The topological polar surface area (TPSA) is 91.6 Å². The molecule has 1 heterocycles. The van der Waals surface area contributed by atoms with Crippen molar-refractivity contribution in [3.63, 3.8) is 0 Å². The molecule has 0 fully saturated rings. The summed E-state index contributed by atoms with van der Waals surface area (Å²) in [5, 5.41) is 11.4. The standard InChI is InChI=1S/C15H12Cl2N2O5/c1-8(2)23-15(20)10-7-9(3-4-12(10)19(21)22)24-14-13(17)11(16)5-6-18-14/h3-8H,1-2H3. The largest absolute Gasteiger partial charge is 0.459 e. The van der Waals surface area contributed by atoms with E-state index in [2.05, 4.69) is 4.98 Å². The van der Waals surface area contributed by atoms with Crippen molar-refractivity contribution in [1.29, 1.82) is 0 Å². The predicted octanol–water partition coefficient (Wildman–Crippen LogP) is 4.65. The van der Waals surface area contributed by atoms with Crippen molar-refractivity contribution in [2.24, 2.45) is 0 Å². The molecule has 1 aromatic carbocycles. The first kappa shape index (κ1) is 18.0. The fourth-order valence-electron chi connectivity index (χ4n) is 1.76. The van der Waals surface area contributed by atoms with Gasteiger partial charge in [-0.1, -0.05) is 23.2 Å². The normalized spacial score (nSPS) is 10.5. The number of esters is 1. The van der Waals surface area contributed by atoms with Crippen LogP contribution in [0.4, 0.5) is 5.69 Å². The molecule has 0 spiro atoms. The van der Waals surface area contributed by atoms with E-state index in [1.807, 2.05) is 0 Å². The van der Waals surface area contributed by atoms with Crippen LogP contribution in [0, 0.1) is 10.1 Å². The summed E-state index contributed by atoms with van der Waals surface area (Å²) in [6.07, 6.45) is 0.966. The average Bonchev–Trinajstić information content (AvgIpc) is 2.51. The van der Waals surface area contributed by atoms with Crippen LogP contribution in [0.15, 0.2) is 30.5 Å². The van der Waals surface area contributed by atoms with Crippen molar-refractivity contribution in [1.82, 2.24) is 4.98 Å². The summed E-state index contributed by atoms with van der Waals surface area (Å²) < 4.78 is 10.5. The van der Waals surface area contributed by atoms with E-state index in [9.17, 15) is 14.9 Å². The summed E-state index contributed by atoms with van der Waals surface area (Å²) in [4.78, 5) is 26.4. The highest BCUT2D eigenvalue weighted by Gasteiger charge is 2.23. The van der Waals surface area contributed by atoms with Crippen molar-refractivity contribution >= 4 is 34.9 Å². The molecular weight excluding hydrogens is 359 g/mol. The maximum atomic E-state index is 12.1. The molecule has 2 rings (SSSR count).